The third-order valence-electron chi connectivity index (χ3n) is 4.11. The Balaban J connectivity index is 1.94. The minimum absolute atomic E-state index is 0.0488. The highest BCUT2D eigenvalue weighted by atomic mass is 16.5. The Morgan fingerprint density at radius 3 is 2.59 bits per heavy atom. The number of urea groups is 1. The number of aryl methyl sites for hydroxylation is 1. The fraction of sp³-hybridized carbons (Fsp3) is 0.688. The van der Waals surface area contributed by atoms with E-state index in [4.69, 9.17) is 9.15 Å². The first-order chi connectivity index (χ1) is 10.7. The molecule has 1 aromatic rings. The molecular formula is C16H27N3O3. The molecule has 0 saturated carbocycles. The van der Waals surface area contributed by atoms with Crippen LogP contribution in [-0.4, -0.2) is 62.3 Å². The zero-order valence-electron chi connectivity index (χ0n) is 13.8. The number of carbonyl (C=O) groups excluding carboxylic acids is 1. The number of piperazine rings is 1. The summed E-state index contributed by atoms with van der Waals surface area (Å²) in [5, 5.41) is 3.02. The first kappa shape index (κ1) is 16.8. The number of hydrogen-bond acceptors (Lipinski definition) is 4. The van der Waals surface area contributed by atoms with Crippen LogP contribution in [0.15, 0.2) is 16.5 Å². The van der Waals surface area contributed by atoms with Gasteiger partial charge in [-0.15, -0.1) is 0 Å². The largest absolute Gasteiger partial charge is 0.464 e. The molecule has 1 aliphatic heterocycles. The molecular weight excluding hydrogens is 282 g/mol. The average Bonchev–Trinajstić information content (AvgIpc) is 3.03. The van der Waals surface area contributed by atoms with E-state index in [1.54, 1.807) is 7.11 Å². The molecule has 124 valence electrons. The van der Waals surface area contributed by atoms with E-state index in [1.165, 1.54) is 0 Å². The summed E-state index contributed by atoms with van der Waals surface area (Å²) in [6, 6.07) is 3.57. The minimum atomic E-state index is -0.248. The molecule has 22 heavy (non-hydrogen) atoms. The molecule has 1 N–H and O–H groups in total. The van der Waals surface area contributed by atoms with Crippen molar-refractivity contribution in [3.8, 4) is 0 Å². The van der Waals surface area contributed by atoms with Crippen LogP contribution in [0, 0.1) is 0 Å². The second-order valence-corrected chi connectivity index (χ2v) is 5.54. The Labute approximate surface area is 132 Å². The van der Waals surface area contributed by atoms with Crippen molar-refractivity contribution >= 4 is 6.03 Å². The van der Waals surface area contributed by atoms with Gasteiger partial charge >= 0.3 is 6.03 Å². The van der Waals surface area contributed by atoms with E-state index in [2.05, 4.69) is 17.1 Å². The van der Waals surface area contributed by atoms with Crippen LogP contribution in [-0.2, 0) is 11.2 Å². The van der Waals surface area contributed by atoms with E-state index in [0.29, 0.717) is 6.61 Å². The van der Waals surface area contributed by atoms with Crippen molar-refractivity contribution < 1.29 is 13.9 Å². The zero-order chi connectivity index (χ0) is 15.9. The van der Waals surface area contributed by atoms with Gasteiger partial charge in [-0.25, -0.2) is 4.79 Å². The van der Waals surface area contributed by atoms with Crippen molar-refractivity contribution in [2.75, 3.05) is 46.4 Å². The molecule has 6 heteroatoms. The summed E-state index contributed by atoms with van der Waals surface area (Å²) in [4.78, 5) is 16.6. The minimum Gasteiger partial charge on any atom is -0.464 e. The van der Waals surface area contributed by atoms with Crippen molar-refractivity contribution in [2.24, 2.45) is 0 Å². The molecule has 6 nitrogen and oxygen atoms in total. The van der Waals surface area contributed by atoms with E-state index in [9.17, 15) is 4.79 Å². The number of nitrogens with one attached hydrogen (secondary N) is 1. The summed E-state index contributed by atoms with van der Waals surface area (Å²) in [6.07, 6.45) is 0.840. The van der Waals surface area contributed by atoms with Crippen molar-refractivity contribution in [1.82, 2.24) is 15.1 Å². The average molecular weight is 309 g/mol. The van der Waals surface area contributed by atoms with Crippen LogP contribution in [0.5, 0.6) is 0 Å². The predicted molar refractivity (Wildman–Crippen MR) is 84.9 cm³/mol. The maximum Gasteiger partial charge on any atom is 0.318 e. The third-order valence-corrected chi connectivity index (χ3v) is 4.11. The molecule has 1 aromatic heterocycles. The van der Waals surface area contributed by atoms with Gasteiger partial charge in [-0.05, 0) is 18.7 Å². The van der Waals surface area contributed by atoms with E-state index >= 15 is 0 Å². The fourth-order valence-corrected chi connectivity index (χ4v) is 2.64. The van der Waals surface area contributed by atoms with Crippen LogP contribution >= 0.6 is 0 Å². The Kier molecular flexibility index (Phi) is 6.27. The van der Waals surface area contributed by atoms with Crippen molar-refractivity contribution in [3.63, 3.8) is 0 Å². The second-order valence-electron chi connectivity index (χ2n) is 5.54. The lowest BCUT2D eigenvalue weighted by Gasteiger charge is -2.34. The topological polar surface area (TPSA) is 58.0 Å². The van der Waals surface area contributed by atoms with Crippen molar-refractivity contribution in [1.29, 1.82) is 0 Å². The van der Waals surface area contributed by atoms with Crippen LogP contribution in [0.3, 0.4) is 0 Å². The highest BCUT2D eigenvalue weighted by Crippen LogP contribution is 2.18. The lowest BCUT2D eigenvalue weighted by atomic mass is 10.2. The molecule has 2 rings (SSSR count). The Morgan fingerprint density at radius 2 is 2.05 bits per heavy atom. The highest BCUT2D eigenvalue weighted by Gasteiger charge is 2.24. The van der Waals surface area contributed by atoms with Crippen LogP contribution in [0.2, 0.25) is 0 Å². The zero-order valence-corrected chi connectivity index (χ0v) is 13.8. The van der Waals surface area contributed by atoms with Gasteiger partial charge in [0.15, 0.2) is 0 Å². The molecule has 0 aliphatic carbocycles. The number of rotatable bonds is 6. The second kappa shape index (κ2) is 8.19. The summed E-state index contributed by atoms with van der Waals surface area (Å²) in [5.74, 6) is 1.67. The number of carbonyl (C=O) groups is 1. The van der Waals surface area contributed by atoms with Gasteiger partial charge in [-0.1, -0.05) is 13.8 Å². The smallest absolute Gasteiger partial charge is 0.318 e. The summed E-state index contributed by atoms with van der Waals surface area (Å²) in [6.45, 7) is 9.01. The molecule has 1 unspecified atom stereocenters. The normalized spacial score (nSPS) is 17.5. The Hall–Kier alpha value is -1.53. The van der Waals surface area contributed by atoms with E-state index in [0.717, 1.165) is 50.7 Å². The SMILES string of the molecule is CCc1ccc(C(COC)NC(=O)N2CCN(CC)CC2)o1. The standard InChI is InChI=1S/C16H27N3O3/c1-4-13-6-7-15(22-13)14(12-21-3)17-16(20)19-10-8-18(5-2)9-11-19/h6-7,14H,4-5,8-12H2,1-3H3,(H,17,20). The van der Waals surface area contributed by atoms with Gasteiger partial charge in [0, 0.05) is 39.7 Å². The maximum atomic E-state index is 12.4. The van der Waals surface area contributed by atoms with Crippen molar-refractivity contribution in [3.05, 3.63) is 23.7 Å². The van der Waals surface area contributed by atoms with E-state index < -0.39 is 0 Å². The van der Waals surface area contributed by atoms with Gasteiger partial charge < -0.3 is 24.3 Å². The quantitative estimate of drug-likeness (QED) is 0.871. The lowest BCUT2D eigenvalue weighted by Crippen LogP contribution is -2.52. The number of methoxy groups -OCH3 is 1. The first-order valence-corrected chi connectivity index (χ1v) is 8.03. The van der Waals surface area contributed by atoms with E-state index in [-0.39, 0.29) is 12.1 Å². The maximum absolute atomic E-state index is 12.4. The molecule has 1 aliphatic rings. The Bertz CT molecular complexity index is 467. The number of likely N-dealkylation sites (N-methyl/N-ethyl adjacent to an activating group) is 1. The molecule has 0 radical (unpaired) electrons. The Morgan fingerprint density at radius 1 is 1.32 bits per heavy atom. The molecule has 1 atom stereocenters. The van der Waals surface area contributed by atoms with Crippen LogP contribution in [0.25, 0.3) is 0 Å². The summed E-state index contributed by atoms with van der Waals surface area (Å²) in [5.41, 5.74) is 0. The lowest BCUT2D eigenvalue weighted by molar-refractivity contribution is 0.125. The van der Waals surface area contributed by atoms with Gasteiger partial charge in [0.2, 0.25) is 0 Å². The molecule has 0 bridgehead atoms. The monoisotopic (exact) mass is 309 g/mol. The number of amides is 2. The molecule has 1 fully saturated rings. The van der Waals surface area contributed by atoms with Crippen molar-refractivity contribution in [2.45, 2.75) is 26.3 Å². The number of furan rings is 1. The number of hydrogen-bond donors (Lipinski definition) is 1. The molecule has 2 heterocycles. The van der Waals surface area contributed by atoms with Gasteiger partial charge in [0.05, 0.1) is 6.61 Å². The number of nitrogens with zero attached hydrogens (tertiary/aromatic N) is 2. The molecule has 0 aromatic carbocycles. The molecule has 1 saturated heterocycles. The fourth-order valence-electron chi connectivity index (χ4n) is 2.64. The first-order valence-electron chi connectivity index (χ1n) is 8.03. The summed E-state index contributed by atoms with van der Waals surface area (Å²) < 4.78 is 11.0. The number of ether oxygens (including phenoxy) is 1. The van der Waals surface area contributed by atoms with Gasteiger partial charge in [0.1, 0.15) is 17.6 Å². The van der Waals surface area contributed by atoms with Gasteiger partial charge in [-0.3, -0.25) is 0 Å². The van der Waals surface area contributed by atoms with E-state index in [1.807, 2.05) is 24.0 Å². The van der Waals surface area contributed by atoms with Crippen LogP contribution < -0.4 is 5.32 Å². The molecule has 0 spiro atoms. The molecule has 2 amide bonds. The highest BCUT2D eigenvalue weighted by molar-refractivity contribution is 5.74. The van der Waals surface area contributed by atoms with Crippen LogP contribution in [0.4, 0.5) is 4.79 Å². The summed E-state index contributed by atoms with van der Waals surface area (Å²) >= 11 is 0. The summed E-state index contributed by atoms with van der Waals surface area (Å²) in [7, 11) is 1.63. The van der Waals surface area contributed by atoms with Gasteiger partial charge in [-0.2, -0.15) is 0 Å². The van der Waals surface area contributed by atoms with Crippen LogP contribution in [0.1, 0.15) is 31.4 Å². The third kappa shape index (κ3) is 4.24. The predicted octanol–water partition coefficient (Wildman–Crippen LogP) is 1.88. The van der Waals surface area contributed by atoms with Gasteiger partial charge in [0.25, 0.3) is 0 Å².